The predicted molar refractivity (Wildman–Crippen MR) is 92.2 cm³/mol. The van der Waals surface area contributed by atoms with E-state index in [9.17, 15) is 9.59 Å². The van der Waals surface area contributed by atoms with Crippen molar-refractivity contribution in [2.75, 3.05) is 0 Å². The highest BCUT2D eigenvalue weighted by Crippen LogP contribution is 2.62. The van der Waals surface area contributed by atoms with Crippen molar-refractivity contribution in [1.29, 1.82) is 0 Å². The molecule has 1 aromatic rings. The third-order valence-electron chi connectivity index (χ3n) is 6.57. The van der Waals surface area contributed by atoms with Gasteiger partial charge in [0.15, 0.2) is 0 Å². The summed E-state index contributed by atoms with van der Waals surface area (Å²) < 4.78 is 0. The number of aliphatic imine (C=N–C) groups is 1. The van der Waals surface area contributed by atoms with Gasteiger partial charge in [0, 0.05) is 25.0 Å². The summed E-state index contributed by atoms with van der Waals surface area (Å²) in [6.07, 6.45) is 1.65. The van der Waals surface area contributed by atoms with Crippen LogP contribution in [-0.4, -0.2) is 17.3 Å². The maximum atomic E-state index is 13.0. The monoisotopic (exact) mass is 311 g/mol. The van der Waals surface area contributed by atoms with Crippen molar-refractivity contribution in [3.8, 4) is 0 Å². The van der Waals surface area contributed by atoms with Gasteiger partial charge in [-0.05, 0) is 29.4 Å². The summed E-state index contributed by atoms with van der Waals surface area (Å²) in [5.74, 6) is 0.0652. The van der Waals surface area contributed by atoms with E-state index in [0.29, 0.717) is 12.8 Å². The summed E-state index contributed by atoms with van der Waals surface area (Å²) in [6, 6.07) is 8.04. The number of carbonyl (C=O) groups excluding carboxylic acids is 2. The highest BCUT2D eigenvalue weighted by molar-refractivity contribution is 6.13. The van der Waals surface area contributed by atoms with Gasteiger partial charge in [-0.25, -0.2) is 0 Å². The molecular formula is C20H25NO2. The molecule has 23 heavy (non-hydrogen) atoms. The smallest absolute Gasteiger partial charge is 0.147 e. The van der Waals surface area contributed by atoms with Gasteiger partial charge in [-0.15, -0.1) is 0 Å². The number of fused-ring (bicyclic) bond motifs is 1. The molecule has 0 saturated heterocycles. The first kappa shape index (κ1) is 16.1. The van der Waals surface area contributed by atoms with Gasteiger partial charge in [-0.3, -0.25) is 14.6 Å². The van der Waals surface area contributed by atoms with E-state index in [1.54, 1.807) is 6.92 Å². The molecule has 2 aliphatic rings. The first-order valence-electron chi connectivity index (χ1n) is 8.30. The van der Waals surface area contributed by atoms with Crippen molar-refractivity contribution >= 4 is 23.0 Å². The summed E-state index contributed by atoms with van der Waals surface area (Å²) in [4.78, 5) is 30.3. The number of nitrogens with zero attached hydrogens (tertiary/aromatic N) is 1. The molecule has 1 aliphatic carbocycles. The third kappa shape index (κ3) is 2.05. The van der Waals surface area contributed by atoms with Gasteiger partial charge in [0.25, 0.3) is 0 Å². The highest BCUT2D eigenvalue weighted by atomic mass is 16.2. The van der Waals surface area contributed by atoms with E-state index in [1.807, 2.05) is 18.2 Å². The van der Waals surface area contributed by atoms with E-state index in [0.717, 1.165) is 17.8 Å². The van der Waals surface area contributed by atoms with Crippen LogP contribution in [-0.2, 0) is 16.0 Å². The van der Waals surface area contributed by atoms with Gasteiger partial charge >= 0.3 is 0 Å². The molecule has 0 aromatic heterocycles. The molecule has 3 heteroatoms. The van der Waals surface area contributed by atoms with Crippen LogP contribution in [0, 0.1) is 16.2 Å². The molecule has 3 nitrogen and oxygen atoms in total. The Hall–Kier alpha value is -1.77. The fourth-order valence-electron chi connectivity index (χ4n) is 4.39. The lowest BCUT2D eigenvalue weighted by atomic mass is 9.56. The number of hydrogen-bond donors (Lipinski definition) is 0. The number of para-hydroxylation sites is 1. The lowest BCUT2D eigenvalue weighted by Crippen LogP contribution is -2.49. The van der Waals surface area contributed by atoms with Crippen molar-refractivity contribution < 1.29 is 9.59 Å². The van der Waals surface area contributed by atoms with Gasteiger partial charge in [-0.2, -0.15) is 0 Å². The maximum Gasteiger partial charge on any atom is 0.147 e. The van der Waals surface area contributed by atoms with E-state index in [4.69, 9.17) is 4.99 Å². The third-order valence-corrected chi connectivity index (χ3v) is 6.57. The molecule has 1 atom stereocenters. The maximum absolute atomic E-state index is 13.0. The van der Waals surface area contributed by atoms with Crippen molar-refractivity contribution in [2.45, 2.75) is 53.9 Å². The standard InChI is InChI=1S/C20H25NO2/c1-13(22)20(17(23)12-18(2,3)19(20,4)5)11-15-10-14-8-6-7-9-16(14)21-15/h6-9H,10-12H2,1-5H3. The Morgan fingerprint density at radius 2 is 1.83 bits per heavy atom. The topological polar surface area (TPSA) is 46.5 Å². The Kier molecular flexibility index (Phi) is 3.40. The summed E-state index contributed by atoms with van der Waals surface area (Å²) in [5.41, 5.74) is 1.59. The largest absolute Gasteiger partial charge is 0.299 e. The van der Waals surface area contributed by atoms with E-state index >= 15 is 0 Å². The number of Topliss-reactive ketones (excluding diaryl/α,β-unsaturated/α-hetero) is 2. The lowest BCUT2D eigenvalue weighted by molar-refractivity contribution is -0.143. The van der Waals surface area contributed by atoms with Crippen LogP contribution in [0.25, 0.3) is 0 Å². The lowest BCUT2D eigenvalue weighted by Gasteiger charge is -2.45. The van der Waals surface area contributed by atoms with E-state index in [2.05, 4.69) is 33.8 Å². The normalized spacial score (nSPS) is 27.7. The Morgan fingerprint density at radius 1 is 1.17 bits per heavy atom. The fourth-order valence-corrected chi connectivity index (χ4v) is 4.39. The second kappa shape index (κ2) is 4.86. The Bertz CT molecular complexity index is 727. The quantitative estimate of drug-likeness (QED) is 0.781. The minimum Gasteiger partial charge on any atom is -0.299 e. The fraction of sp³-hybridized carbons (Fsp3) is 0.550. The number of hydrogen-bond acceptors (Lipinski definition) is 3. The molecule has 1 heterocycles. The average molecular weight is 311 g/mol. The average Bonchev–Trinajstić information content (AvgIpc) is 2.90. The SMILES string of the molecule is CC(=O)C1(CC2=Nc3ccccc3C2)C(=O)CC(C)(C)C1(C)C. The first-order valence-corrected chi connectivity index (χ1v) is 8.30. The summed E-state index contributed by atoms with van der Waals surface area (Å²) in [5, 5.41) is 0. The van der Waals surface area contributed by atoms with Gasteiger partial charge in [0.05, 0.1) is 11.1 Å². The van der Waals surface area contributed by atoms with Crippen LogP contribution in [0.4, 0.5) is 5.69 Å². The molecule has 122 valence electrons. The summed E-state index contributed by atoms with van der Waals surface area (Å²) >= 11 is 0. The Morgan fingerprint density at radius 3 is 2.35 bits per heavy atom. The van der Waals surface area contributed by atoms with Crippen LogP contribution in [0.5, 0.6) is 0 Å². The first-order chi connectivity index (χ1) is 10.6. The van der Waals surface area contributed by atoms with Crippen molar-refractivity contribution in [3.05, 3.63) is 29.8 Å². The van der Waals surface area contributed by atoms with Gasteiger partial charge in [0.2, 0.25) is 0 Å². The molecule has 0 spiro atoms. The summed E-state index contributed by atoms with van der Waals surface area (Å²) in [7, 11) is 0. The van der Waals surface area contributed by atoms with Gasteiger partial charge in [-0.1, -0.05) is 45.9 Å². The van der Waals surface area contributed by atoms with Gasteiger partial charge in [0.1, 0.15) is 11.6 Å². The number of ketones is 2. The van der Waals surface area contributed by atoms with E-state index in [-0.39, 0.29) is 22.4 Å². The van der Waals surface area contributed by atoms with Crippen LogP contribution in [0.15, 0.2) is 29.3 Å². The molecule has 1 fully saturated rings. The molecular weight excluding hydrogens is 286 g/mol. The Balaban J connectivity index is 2.02. The van der Waals surface area contributed by atoms with Crippen LogP contribution in [0.3, 0.4) is 0 Å². The van der Waals surface area contributed by atoms with Crippen molar-refractivity contribution in [3.63, 3.8) is 0 Å². The van der Waals surface area contributed by atoms with Crippen molar-refractivity contribution in [1.82, 2.24) is 0 Å². The van der Waals surface area contributed by atoms with Gasteiger partial charge < -0.3 is 0 Å². The highest BCUT2D eigenvalue weighted by Gasteiger charge is 2.66. The van der Waals surface area contributed by atoms with Crippen molar-refractivity contribution in [2.24, 2.45) is 21.2 Å². The van der Waals surface area contributed by atoms with Crippen LogP contribution in [0.1, 0.15) is 53.0 Å². The number of benzene rings is 1. The molecule has 0 radical (unpaired) electrons. The zero-order valence-corrected chi connectivity index (χ0v) is 14.7. The zero-order chi connectivity index (χ0) is 17.0. The summed E-state index contributed by atoms with van der Waals surface area (Å²) in [6.45, 7) is 9.91. The second-order valence-corrected chi connectivity index (χ2v) is 8.23. The number of rotatable bonds is 3. The molecule has 0 amide bonds. The molecule has 1 unspecified atom stereocenters. The minimum absolute atomic E-state index is 0.0169. The number of carbonyl (C=O) groups is 2. The second-order valence-electron chi connectivity index (χ2n) is 8.23. The predicted octanol–water partition coefficient (Wildman–Crippen LogP) is 4.31. The van der Waals surface area contributed by atoms with E-state index in [1.165, 1.54) is 5.56 Å². The molecule has 0 N–H and O–H groups in total. The molecule has 1 aromatic carbocycles. The molecule has 1 saturated carbocycles. The van der Waals surface area contributed by atoms with Crippen LogP contribution < -0.4 is 0 Å². The molecule has 1 aliphatic heterocycles. The molecule has 0 bridgehead atoms. The zero-order valence-electron chi connectivity index (χ0n) is 14.7. The minimum atomic E-state index is -0.947. The van der Waals surface area contributed by atoms with Crippen LogP contribution >= 0.6 is 0 Å². The molecule has 3 rings (SSSR count). The van der Waals surface area contributed by atoms with E-state index < -0.39 is 5.41 Å². The Labute approximate surface area is 138 Å². The van der Waals surface area contributed by atoms with Crippen LogP contribution in [0.2, 0.25) is 0 Å².